The van der Waals surface area contributed by atoms with Crippen molar-refractivity contribution in [2.45, 2.75) is 45.3 Å². The molecule has 2 amide bonds. The van der Waals surface area contributed by atoms with E-state index in [4.69, 9.17) is 9.47 Å². The molecule has 2 saturated heterocycles. The molecule has 2 aromatic rings. The number of hydrogen-bond donors (Lipinski definition) is 2. The van der Waals surface area contributed by atoms with Gasteiger partial charge in [-0.1, -0.05) is 0 Å². The lowest BCUT2D eigenvalue weighted by molar-refractivity contribution is 0.0303. The summed E-state index contributed by atoms with van der Waals surface area (Å²) in [5.74, 6) is 0.903. The van der Waals surface area contributed by atoms with Crippen molar-refractivity contribution < 1.29 is 19.1 Å². The molecule has 11 nitrogen and oxygen atoms in total. The maximum Gasteiger partial charge on any atom is 0.407 e. The summed E-state index contributed by atoms with van der Waals surface area (Å²) in [5, 5.41) is 15.7. The van der Waals surface area contributed by atoms with Crippen LogP contribution in [-0.4, -0.2) is 77.9 Å². The van der Waals surface area contributed by atoms with Gasteiger partial charge in [0.05, 0.1) is 19.4 Å². The van der Waals surface area contributed by atoms with Crippen LogP contribution in [0, 0.1) is 11.3 Å². The molecule has 0 aliphatic carbocycles. The van der Waals surface area contributed by atoms with E-state index in [0.29, 0.717) is 55.7 Å². The lowest BCUT2D eigenvalue weighted by atomic mass is 10.1. The number of nitrogens with zero attached hydrogens (tertiary/aromatic N) is 5. The van der Waals surface area contributed by atoms with Crippen molar-refractivity contribution in [3.8, 4) is 6.07 Å². The summed E-state index contributed by atoms with van der Waals surface area (Å²) in [6.45, 7) is 9.05. The SMILES string of the molecule is CC(C)(C)OC(=O)NC1CCCN(c2cnc(C#N)c(Nc3ccc(C(=O)N4CCOCC4)cc3)n2)C1. The smallest absolute Gasteiger partial charge is 0.407 e. The molecule has 1 aromatic heterocycles. The minimum absolute atomic E-state index is 0.0333. The van der Waals surface area contributed by atoms with Gasteiger partial charge >= 0.3 is 6.09 Å². The molecule has 1 atom stereocenters. The molecule has 1 unspecified atom stereocenters. The van der Waals surface area contributed by atoms with Gasteiger partial charge in [-0.15, -0.1) is 0 Å². The molecule has 0 spiro atoms. The first-order valence-corrected chi connectivity index (χ1v) is 12.5. The standard InChI is InChI=1S/C26H33N7O4/c1-26(2,3)37-25(35)30-20-5-4-10-33(17-20)22-16-28-21(15-27)23(31-22)29-19-8-6-18(7-9-19)24(34)32-11-13-36-14-12-32/h6-9,16,20H,4-5,10-14,17H2,1-3H3,(H,29,31)(H,30,35). The Morgan fingerprint density at radius 3 is 2.57 bits per heavy atom. The Morgan fingerprint density at radius 2 is 1.89 bits per heavy atom. The normalized spacial score (nSPS) is 18.1. The van der Waals surface area contributed by atoms with Crippen molar-refractivity contribution in [1.82, 2.24) is 20.2 Å². The van der Waals surface area contributed by atoms with Crippen LogP contribution in [0.25, 0.3) is 0 Å². The van der Waals surface area contributed by atoms with Gasteiger partial charge in [0, 0.05) is 43.5 Å². The third kappa shape index (κ3) is 7.07. The Labute approximate surface area is 216 Å². The Hall–Kier alpha value is -3.91. The van der Waals surface area contributed by atoms with Crippen molar-refractivity contribution in [3.05, 3.63) is 41.7 Å². The minimum Gasteiger partial charge on any atom is -0.444 e. The predicted molar refractivity (Wildman–Crippen MR) is 138 cm³/mol. The van der Waals surface area contributed by atoms with Crippen LogP contribution in [0.5, 0.6) is 0 Å². The number of ether oxygens (including phenoxy) is 2. The van der Waals surface area contributed by atoms with Gasteiger partial charge in [-0.25, -0.2) is 14.8 Å². The number of morpholine rings is 1. The lowest BCUT2D eigenvalue weighted by Gasteiger charge is -2.34. The highest BCUT2D eigenvalue weighted by atomic mass is 16.6. The molecule has 2 N–H and O–H groups in total. The van der Waals surface area contributed by atoms with E-state index in [1.54, 1.807) is 35.4 Å². The second-order valence-corrected chi connectivity index (χ2v) is 10.1. The van der Waals surface area contributed by atoms with Crippen molar-refractivity contribution >= 4 is 29.3 Å². The third-order valence-electron chi connectivity index (χ3n) is 6.02. The van der Waals surface area contributed by atoms with Crippen LogP contribution in [0.15, 0.2) is 30.5 Å². The molecule has 0 radical (unpaired) electrons. The van der Waals surface area contributed by atoms with Crippen LogP contribution >= 0.6 is 0 Å². The van der Waals surface area contributed by atoms with Crippen LogP contribution < -0.4 is 15.5 Å². The Morgan fingerprint density at radius 1 is 1.16 bits per heavy atom. The number of piperidine rings is 1. The number of nitrogens with one attached hydrogen (secondary N) is 2. The average Bonchev–Trinajstić information content (AvgIpc) is 2.88. The van der Waals surface area contributed by atoms with Gasteiger partial charge in [0.2, 0.25) is 0 Å². The largest absolute Gasteiger partial charge is 0.444 e. The number of aromatic nitrogens is 2. The quantitative estimate of drug-likeness (QED) is 0.626. The molecule has 2 fully saturated rings. The number of anilines is 3. The number of benzene rings is 1. The zero-order valence-corrected chi connectivity index (χ0v) is 21.5. The highest BCUT2D eigenvalue weighted by Gasteiger charge is 2.26. The summed E-state index contributed by atoms with van der Waals surface area (Å²) >= 11 is 0. The van der Waals surface area contributed by atoms with Crippen LogP contribution in [-0.2, 0) is 9.47 Å². The molecular formula is C26H33N7O4. The molecule has 2 aliphatic heterocycles. The van der Waals surface area contributed by atoms with E-state index < -0.39 is 11.7 Å². The second kappa shape index (κ2) is 11.4. The maximum atomic E-state index is 12.7. The predicted octanol–water partition coefficient (Wildman–Crippen LogP) is 3.06. The fourth-order valence-corrected chi connectivity index (χ4v) is 4.26. The minimum atomic E-state index is -0.564. The van der Waals surface area contributed by atoms with E-state index in [0.717, 1.165) is 19.4 Å². The summed E-state index contributed by atoms with van der Waals surface area (Å²) < 4.78 is 10.7. The van der Waals surface area contributed by atoms with Crippen molar-refractivity contribution in [1.29, 1.82) is 5.26 Å². The summed E-state index contributed by atoms with van der Waals surface area (Å²) in [7, 11) is 0. The molecule has 37 heavy (non-hydrogen) atoms. The summed E-state index contributed by atoms with van der Waals surface area (Å²) in [6.07, 6.45) is 2.83. The molecule has 11 heteroatoms. The van der Waals surface area contributed by atoms with Crippen molar-refractivity contribution in [2.75, 3.05) is 49.6 Å². The molecule has 0 bridgehead atoms. The van der Waals surface area contributed by atoms with Crippen LogP contribution in [0.2, 0.25) is 0 Å². The number of alkyl carbamates (subject to hydrolysis) is 1. The van der Waals surface area contributed by atoms with Crippen LogP contribution in [0.4, 0.5) is 22.1 Å². The fraction of sp³-hybridized carbons (Fsp3) is 0.500. The molecule has 4 rings (SSSR count). The van der Waals surface area contributed by atoms with Gasteiger partial charge < -0.3 is 29.9 Å². The molecule has 1 aromatic carbocycles. The number of rotatable bonds is 5. The molecule has 2 aliphatic rings. The van der Waals surface area contributed by atoms with Gasteiger partial charge in [-0.2, -0.15) is 5.26 Å². The highest BCUT2D eigenvalue weighted by Crippen LogP contribution is 2.24. The monoisotopic (exact) mass is 507 g/mol. The van der Waals surface area contributed by atoms with E-state index >= 15 is 0 Å². The maximum absolute atomic E-state index is 12.7. The first kappa shape index (κ1) is 26.2. The first-order chi connectivity index (χ1) is 17.7. The molecular weight excluding hydrogens is 474 g/mol. The van der Waals surface area contributed by atoms with Gasteiger partial charge in [0.1, 0.15) is 17.5 Å². The van der Waals surface area contributed by atoms with Gasteiger partial charge in [0.15, 0.2) is 11.5 Å². The number of hydrogen-bond acceptors (Lipinski definition) is 9. The zero-order valence-electron chi connectivity index (χ0n) is 21.5. The van der Waals surface area contributed by atoms with Crippen molar-refractivity contribution in [2.24, 2.45) is 0 Å². The fourth-order valence-electron chi connectivity index (χ4n) is 4.26. The Kier molecular flexibility index (Phi) is 8.08. The van der Waals surface area contributed by atoms with Gasteiger partial charge in [-0.3, -0.25) is 4.79 Å². The molecule has 0 saturated carbocycles. The van der Waals surface area contributed by atoms with E-state index in [1.165, 1.54) is 0 Å². The topological polar surface area (TPSA) is 133 Å². The van der Waals surface area contributed by atoms with Gasteiger partial charge in [0.25, 0.3) is 5.91 Å². The number of nitriles is 1. The van der Waals surface area contributed by atoms with E-state index in [1.807, 2.05) is 25.7 Å². The van der Waals surface area contributed by atoms with E-state index in [9.17, 15) is 14.9 Å². The zero-order chi connectivity index (χ0) is 26.4. The summed E-state index contributed by atoms with van der Waals surface area (Å²) in [6, 6.07) is 9.05. The summed E-state index contributed by atoms with van der Waals surface area (Å²) in [5.41, 5.74) is 0.873. The van der Waals surface area contributed by atoms with Crippen molar-refractivity contribution in [3.63, 3.8) is 0 Å². The average molecular weight is 508 g/mol. The van der Waals surface area contributed by atoms with E-state index in [-0.39, 0.29) is 17.6 Å². The second-order valence-electron chi connectivity index (χ2n) is 10.1. The van der Waals surface area contributed by atoms with Crippen LogP contribution in [0.3, 0.4) is 0 Å². The number of carbonyl (C=O) groups is 2. The van der Waals surface area contributed by atoms with E-state index in [2.05, 4.69) is 26.7 Å². The molecule has 3 heterocycles. The van der Waals surface area contributed by atoms with Crippen LogP contribution in [0.1, 0.15) is 49.7 Å². The first-order valence-electron chi connectivity index (χ1n) is 12.5. The third-order valence-corrected chi connectivity index (χ3v) is 6.02. The number of amides is 2. The highest BCUT2D eigenvalue weighted by molar-refractivity contribution is 5.94. The van der Waals surface area contributed by atoms with Gasteiger partial charge in [-0.05, 0) is 57.9 Å². The number of carbonyl (C=O) groups excluding carboxylic acids is 2. The summed E-state index contributed by atoms with van der Waals surface area (Å²) in [4.78, 5) is 37.7. The molecule has 196 valence electrons. The lowest BCUT2D eigenvalue weighted by Crippen LogP contribution is -2.49. The Balaban J connectivity index is 1.43. The Bertz CT molecular complexity index is 1150.